The lowest BCUT2D eigenvalue weighted by atomic mass is 10.2. The lowest BCUT2D eigenvalue weighted by Gasteiger charge is -2.27. The summed E-state index contributed by atoms with van der Waals surface area (Å²) < 4.78 is 10.5. The van der Waals surface area contributed by atoms with Crippen LogP contribution in [0.4, 0.5) is 0 Å². The number of hydrogen-bond acceptors (Lipinski definition) is 4. The van der Waals surface area contributed by atoms with Gasteiger partial charge in [0.15, 0.2) is 0 Å². The average Bonchev–Trinajstić information content (AvgIpc) is 2.41. The molecule has 1 fully saturated rings. The highest BCUT2D eigenvalue weighted by atomic mass is 16.5. The monoisotopic (exact) mass is 230 g/mol. The predicted octanol–water partition coefficient (Wildman–Crippen LogP) is 0.722. The third kappa shape index (κ3) is 5.25. The summed E-state index contributed by atoms with van der Waals surface area (Å²) in [5.41, 5.74) is 0. The van der Waals surface area contributed by atoms with Gasteiger partial charge in [-0.1, -0.05) is 0 Å². The van der Waals surface area contributed by atoms with E-state index in [1.165, 1.54) is 6.42 Å². The van der Waals surface area contributed by atoms with Gasteiger partial charge >= 0.3 is 0 Å². The van der Waals surface area contributed by atoms with Crippen molar-refractivity contribution in [2.75, 3.05) is 46.6 Å². The first-order chi connectivity index (χ1) is 7.74. The van der Waals surface area contributed by atoms with Crippen LogP contribution in [0.2, 0.25) is 0 Å². The van der Waals surface area contributed by atoms with Gasteiger partial charge in [-0.2, -0.15) is 0 Å². The zero-order chi connectivity index (χ0) is 11.8. The molecule has 2 unspecified atom stereocenters. The molecular weight excluding hydrogens is 204 g/mol. The molecule has 0 radical (unpaired) electrons. The van der Waals surface area contributed by atoms with Crippen LogP contribution in [0.5, 0.6) is 0 Å². The Labute approximate surface area is 99.3 Å². The van der Waals surface area contributed by atoms with Crippen molar-refractivity contribution in [1.29, 1.82) is 0 Å². The molecule has 0 aliphatic carbocycles. The summed E-state index contributed by atoms with van der Waals surface area (Å²) in [7, 11) is 1.70. The van der Waals surface area contributed by atoms with Gasteiger partial charge in [-0.3, -0.25) is 4.90 Å². The quantitative estimate of drug-likeness (QED) is 0.682. The second kappa shape index (κ2) is 8.01. The molecule has 0 aromatic carbocycles. The van der Waals surface area contributed by atoms with E-state index >= 15 is 0 Å². The predicted molar refractivity (Wildman–Crippen MR) is 65.8 cm³/mol. The summed E-state index contributed by atoms with van der Waals surface area (Å²) in [6.45, 7) is 10.0. The Morgan fingerprint density at radius 2 is 2.06 bits per heavy atom. The number of methoxy groups -OCH3 is 1. The van der Waals surface area contributed by atoms with E-state index in [1.54, 1.807) is 7.11 Å². The van der Waals surface area contributed by atoms with E-state index in [-0.39, 0.29) is 0 Å². The first-order valence-corrected chi connectivity index (χ1v) is 6.28. The lowest BCUT2D eigenvalue weighted by molar-refractivity contribution is 0.0508. The average molecular weight is 230 g/mol. The minimum Gasteiger partial charge on any atom is -0.382 e. The molecule has 0 bridgehead atoms. The molecular formula is C12H26N2O2. The van der Waals surface area contributed by atoms with Crippen LogP contribution in [0.25, 0.3) is 0 Å². The van der Waals surface area contributed by atoms with E-state index < -0.39 is 0 Å². The third-order valence-electron chi connectivity index (χ3n) is 3.14. The van der Waals surface area contributed by atoms with Gasteiger partial charge in [-0.15, -0.1) is 0 Å². The SMILES string of the molecule is COCCOCCN1CC(C)NCCC1C. The Kier molecular flexibility index (Phi) is 6.96. The minimum atomic E-state index is 0.587. The molecule has 96 valence electrons. The van der Waals surface area contributed by atoms with Gasteiger partial charge in [-0.25, -0.2) is 0 Å². The highest BCUT2D eigenvalue weighted by molar-refractivity contribution is 4.78. The molecule has 16 heavy (non-hydrogen) atoms. The standard InChI is InChI=1S/C12H26N2O2/c1-11-10-14(12(2)4-5-13-11)6-7-16-9-8-15-3/h11-13H,4-10H2,1-3H3. The van der Waals surface area contributed by atoms with Gasteiger partial charge in [0.25, 0.3) is 0 Å². The van der Waals surface area contributed by atoms with E-state index in [0.29, 0.717) is 25.3 Å². The fraction of sp³-hybridized carbons (Fsp3) is 1.00. The van der Waals surface area contributed by atoms with Crippen molar-refractivity contribution >= 4 is 0 Å². The highest BCUT2D eigenvalue weighted by Crippen LogP contribution is 2.08. The van der Waals surface area contributed by atoms with E-state index in [2.05, 4.69) is 24.1 Å². The molecule has 1 N–H and O–H groups in total. The smallest absolute Gasteiger partial charge is 0.0700 e. The van der Waals surface area contributed by atoms with Crippen LogP contribution in [0.1, 0.15) is 20.3 Å². The van der Waals surface area contributed by atoms with Gasteiger partial charge < -0.3 is 14.8 Å². The van der Waals surface area contributed by atoms with Crippen molar-refractivity contribution in [3.05, 3.63) is 0 Å². The first kappa shape index (κ1) is 13.9. The Bertz CT molecular complexity index is 178. The van der Waals surface area contributed by atoms with Gasteiger partial charge in [-0.05, 0) is 26.8 Å². The van der Waals surface area contributed by atoms with Crippen molar-refractivity contribution in [3.8, 4) is 0 Å². The fourth-order valence-electron chi connectivity index (χ4n) is 2.06. The molecule has 0 spiro atoms. The van der Waals surface area contributed by atoms with Crippen molar-refractivity contribution in [2.24, 2.45) is 0 Å². The summed E-state index contributed by atoms with van der Waals surface area (Å²) in [4.78, 5) is 2.51. The largest absolute Gasteiger partial charge is 0.382 e. The molecule has 1 heterocycles. The number of ether oxygens (including phenoxy) is 2. The van der Waals surface area contributed by atoms with Gasteiger partial charge in [0.05, 0.1) is 19.8 Å². The number of nitrogens with zero attached hydrogens (tertiary/aromatic N) is 1. The Morgan fingerprint density at radius 1 is 1.25 bits per heavy atom. The molecule has 2 atom stereocenters. The Morgan fingerprint density at radius 3 is 2.81 bits per heavy atom. The second-order valence-electron chi connectivity index (χ2n) is 4.59. The maximum absolute atomic E-state index is 5.51. The lowest BCUT2D eigenvalue weighted by Crippen LogP contribution is -2.40. The molecule has 0 aromatic heterocycles. The van der Waals surface area contributed by atoms with Crippen LogP contribution < -0.4 is 5.32 Å². The van der Waals surface area contributed by atoms with Crippen LogP contribution >= 0.6 is 0 Å². The van der Waals surface area contributed by atoms with Crippen LogP contribution in [-0.2, 0) is 9.47 Å². The van der Waals surface area contributed by atoms with E-state index in [1.807, 2.05) is 0 Å². The number of rotatable bonds is 6. The maximum atomic E-state index is 5.51. The normalized spacial score (nSPS) is 27.9. The Balaban J connectivity index is 2.17. The first-order valence-electron chi connectivity index (χ1n) is 6.28. The van der Waals surface area contributed by atoms with Gasteiger partial charge in [0.1, 0.15) is 0 Å². The molecule has 4 nitrogen and oxygen atoms in total. The molecule has 0 amide bonds. The molecule has 4 heteroatoms. The molecule has 1 rings (SSSR count). The van der Waals surface area contributed by atoms with Crippen LogP contribution in [-0.4, -0.2) is 63.5 Å². The topological polar surface area (TPSA) is 33.7 Å². The van der Waals surface area contributed by atoms with Crippen LogP contribution in [0.3, 0.4) is 0 Å². The molecule has 0 aromatic rings. The minimum absolute atomic E-state index is 0.587. The Hall–Kier alpha value is -0.160. The summed E-state index contributed by atoms with van der Waals surface area (Å²) in [5, 5.41) is 3.51. The van der Waals surface area contributed by atoms with E-state index in [4.69, 9.17) is 9.47 Å². The summed E-state index contributed by atoms with van der Waals surface area (Å²) >= 11 is 0. The van der Waals surface area contributed by atoms with E-state index in [0.717, 1.165) is 26.2 Å². The van der Waals surface area contributed by atoms with Crippen molar-refractivity contribution < 1.29 is 9.47 Å². The molecule has 1 aliphatic heterocycles. The third-order valence-corrected chi connectivity index (χ3v) is 3.14. The van der Waals surface area contributed by atoms with Crippen molar-refractivity contribution in [2.45, 2.75) is 32.4 Å². The molecule has 1 saturated heterocycles. The van der Waals surface area contributed by atoms with E-state index in [9.17, 15) is 0 Å². The van der Waals surface area contributed by atoms with Gasteiger partial charge in [0.2, 0.25) is 0 Å². The van der Waals surface area contributed by atoms with Crippen molar-refractivity contribution in [3.63, 3.8) is 0 Å². The second-order valence-corrected chi connectivity index (χ2v) is 4.59. The van der Waals surface area contributed by atoms with Gasteiger partial charge in [0, 0.05) is 32.3 Å². The maximum Gasteiger partial charge on any atom is 0.0700 e. The zero-order valence-corrected chi connectivity index (χ0v) is 10.9. The summed E-state index contributed by atoms with van der Waals surface area (Å²) in [6.07, 6.45) is 1.22. The summed E-state index contributed by atoms with van der Waals surface area (Å²) in [5.74, 6) is 0. The number of nitrogens with one attached hydrogen (secondary N) is 1. The van der Waals surface area contributed by atoms with Crippen LogP contribution in [0, 0.1) is 0 Å². The molecule has 1 aliphatic rings. The zero-order valence-electron chi connectivity index (χ0n) is 10.9. The molecule has 0 saturated carbocycles. The summed E-state index contributed by atoms with van der Waals surface area (Å²) in [6, 6.07) is 1.24. The highest BCUT2D eigenvalue weighted by Gasteiger charge is 2.19. The fourth-order valence-corrected chi connectivity index (χ4v) is 2.06. The number of hydrogen-bond donors (Lipinski definition) is 1. The van der Waals surface area contributed by atoms with Crippen LogP contribution in [0.15, 0.2) is 0 Å². The van der Waals surface area contributed by atoms with Crippen molar-refractivity contribution in [1.82, 2.24) is 10.2 Å².